The standard InChI is InChI=1S/C76H138O6/c1-4-7-10-13-16-19-22-25-28-29-30-31-32-33-34-35-36-37-38-39-40-41-42-43-44-45-46-47-49-51-54-57-60-63-66-69-75(78)81-72-73(71-80-74(77)68-65-62-59-56-53-50-27-24-21-18-15-12-9-6-3)82-76(79)70-67-64-61-58-55-52-48-26-23-20-17-14-11-8-5-2/h8,11,17,20,24,26-27,48,55,58,73H,4-7,9-10,12-16,18-19,21-23,25,28-47,49-54,56-57,59-72H2,1-3H3/b11-8-,20-17-,27-24-,48-26-,58-55-. The van der Waals surface area contributed by atoms with Gasteiger partial charge in [0.25, 0.3) is 0 Å². The summed E-state index contributed by atoms with van der Waals surface area (Å²) in [4.78, 5) is 38.3. The van der Waals surface area contributed by atoms with Gasteiger partial charge in [0.05, 0.1) is 0 Å². The average Bonchev–Trinajstić information content (AvgIpc) is 3.47. The van der Waals surface area contributed by atoms with Crippen LogP contribution in [0.2, 0.25) is 0 Å². The normalized spacial score (nSPS) is 12.4. The molecule has 0 aromatic rings. The number of hydrogen-bond acceptors (Lipinski definition) is 6. The Morgan fingerprint density at radius 3 is 0.780 bits per heavy atom. The zero-order valence-electron chi connectivity index (χ0n) is 55.0. The second kappa shape index (κ2) is 70.6. The summed E-state index contributed by atoms with van der Waals surface area (Å²) < 4.78 is 16.9. The summed E-state index contributed by atoms with van der Waals surface area (Å²) in [7, 11) is 0. The maximum atomic E-state index is 12.9. The molecule has 6 nitrogen and oxygen atoms in total. The molecule has 0 amide bonds. The van der Waals surface area contributed by atoms with E-state index in [1.54, 1.807) is 0 Å². The number of carbonyl (C=O) groups excluding carboxylic acids is 3. The van der Waals surface area contributed by atoms with E-state index in [-0.39, 0.29) is 37.5 Å². The highest BCUT2D eigenvalue weighted by atomic mass is 16.6. The number of ether oxygens (including phenoxy) is 3. The van der Waals surface area contributed by atoms with Gasteiger partial charge in [0.2, 0.25) is 0 Å². The third kappa shape index (κ3) is 67.9. The molecule has 0 N–H and O–H groups in total. The van der Waals surface area contributed by atoms with Crippen molar-refractivity contribution in [1.29, 1.82) is 0 Å². The van der Waals surface area contributed by atoms with Crippen LogP contribution in [-0.2, 0) is 28.6 Å². The maximum absolute atomic E-state index is 12.9. The van der Waals surface area contributed by atoms with Crippen molar-refractivity contribution in [3.05, 3.63) is 60.8 Å². The van der Waals surface area contributed by atoms with Crippen LogP contribution in [0.25, 0.3) is 0 Å². The lowest BCUT2D eigenvalue weighted by Gasteiger charge is -2.18. The Hall–Kier alpha value is -2.89. The van der Waals surface area contributed by atoms with Gasteiger partial charge in [0.15, 0.2) is 6.10 Å². The van der Waals surface area contributed by atoms with E-state index in [0.717, 1.165) is 83.5 Å². The van der Waals surface area contributed by atoms with Gasteiger partial charge in [-0.05, 0) is 83.5 Å². The Bertz CT molecular complexity index is 1460. The fourth-order valence-electron chi connectivity index (χ4n) is 10.8. The number of rotatable bonds is 67. The number of hydrogen-bond donors (Lipinski definition) is 0. The minimum absolute atomic E-state index is 0.0905. The largest absolute Gasteiger partial charge is 0.462 e. The van der Waals surface area contributed by atoms with E-state index in [4.69, 9.17) is 14.2 Å². The minimum atomic E-state index is -0.799. The van der Waals surface area contributed by atoms with Crippen molar-refractivity contribution in [3.63, 3.8) is 0 Å². The van der Waals surface area contributed by atoms with Crippen molar-refractivity contribution < 1.29 is 28.6 Å². The van der Waals surface area contributed by atoms with Crippen LogP contribution in [0.3, 0.4) is 0 Å². The van der Waals surface area contributed by atoms with Gasteiger partial charge in [0, 0.05) is 19.3 Å². The van der Waals surface area contributed by atoms with E-state index in [1.165, 1.54) is 257 Å². The Morgan fingerprint density at radius 2 is 0.476 bits per heavy atom. The van der Waals surface area contributed by atoms with Crippen LogP contribution in [0.1, 0.15) is 387 Å². The van der Waals surface area contributed by atoms with Crippen LogP contribution in [0.15, 0.2) is 60.8 Å². The van der Waals surface area contributed by atoms with E-state index in [2.05, 4.69) is 81.5 Å². The lowest BCUT2D eigenvalue weighted by atomic mass is 10.0. The Balaban J connectivity index is 4.09. The molecule has 0 aromatic carbocycles. The molecule has 1 unspecified atom stereocenters. The molecule has 1 atom stereocenters. The molecule has 0 fully saturated rings. The molecular formula is C76H138O6. The van der Waals surface area contributed by atoms with Gasteiger partial charge < -0.3 is 14.2 Å². The first-order valence-corrected chi connectivity index (χ1v) is 36.3. The van der Waals surface area contributed by atoms with Gasteiger partial charge in [-0.15, -0.1) is 0 Å². The van der Waals surface area contributed by atoms with Crippen LogP contribution in [0.4, 0.5) is 0 Å². The number of carbonyl (C=O) groups is 3. The second-order valence-electron chi connectivity index (χ2n) is 24.5. The van der Waals surface area contributed by atoms with Crippen LogP contribution in [0.5, 0.6) is 0 Å². The Morgan fingerprint density at radius 1 is 0.256 bits per heavy atom. The first-order valence-electron chi connectivity index (χ1n) is 36.3. The molecule has 0 aliphatic carbocycles. The van der Waals surface area contributed by atoms with Crippen molar-refractivity contribution in [3.8, 4) is 0 Å². The zero-order chi connectivity index (χ0) is 59.2. The van der Waals surface area contributed by atoms with Crippen LogP contribution >= 0.6 is 0 Å². The van der Waals surface area contributed by atoms with Gasteiger partial charge in [-0.2, -0.15) is 0 Å². The van der Waals surface area contributed by atoms with Crippen molar-refractivity contribution in [2.45, 2.75) is 393 Å². The fraction of sp³-hybridized carbons (Fsp3) is 0.829. The van der Waals surface area contributed by atoms with Gasteiger partial charge in [-0.3, -0.25) is 14.4 Å². The van der Waals surface area contributed by atoms with Crippen molar-refractivity contribution >= 4 is 17.9 Å². The summed E-state index contributed by atoms with van der Waals surface area (Å²) in [6, 6.07) is 0. The third-order valence-electron chi connectivity index (χ3n) is 16.3. The molecule has 0 aliphatic heterocycles. The van der Waals surface area contributed by atoms with E-state index in [9.17, 15) is 14.4 Å². The summed E-state index contributed by atoms with van der Waals surface area (Å²) in [5.41, 5.74) is 0. The zero-order valence-corrected chi connectivity index (χ0v) is 55.0. The topological polar surface area (TPSA) is 78.9 Å². The summed E-state index contributed by atoms with van der Waals surface area (Å²) in [6.07, 6.45) is 91.5. The highest BCUT2D eigenvalue weighted by Gasteiger charge is 2.19. The highest BCUT2D eigenvalue weighted by Crippen LogP contribution is 2.19. The molecule has 82 heavy (non-hydrogen) atoms. The molecule has 0 radical (unpaired) electrons. The summed E-state index contributed by atoms with van der Waals surface area (Å²) in [5, 5.41) is 0. The van der Waals surface area contributed by atoms with Gasteiger partial charge in [0.1, 0.15) is 13.2 Å². The molecule has 0 heterocycles. The van der Waals surface area contributed by atoms with E-state index in [1.807, 2.05) is 0 Å². The Kier molecular flexibility index (Phi) is 68.1. The lowest BCUT2D eigenvalue weighted by Crippen LogP contribution is -2.30. The highest BCUT2D eigenvalue weighted by molar-refractivity contribution is 5.71. The molecule has 0 bridgehead atoms. The summed E-state index contributed by atoms with van der Waals surface area (Å²) in [6.45, 7) is 6.53. The molecule has 0 saturated heterocycles. The van der Waals surface area contributed by atoms with Crippen molar-refractivity contribution in [2.75, 3.05) is 13.2 Å². The van der Waals surface area contributed by atoms with Gasteiger partial charge in [-0.25, -0.2) is 0 Å². The minimum Gasteiger partial charge on any atom is -0.462 e. The fourth-order valence-corrected chi connectivity index (χ4v) is 10.8. The molecule has 6 heteroatoms. The smallest absolute Gasteiger partial charge is 0.306 e. The van der Waals surface area contributed by atoms with Gasteiger partial charge >= 0.3 is 17.9 Å². The van der Waals surface area contributed by atoms with E-state index in [0.29, 0.717) is 19.3 Å². The first-order chi connectivity index (χ1) is 40.5. The molecule has 0 rings (SSSR count). The Labute approximate surface area is 510 Å². The average molecular weight is 1150 g/mol. The number of esters is 3. The van der Waals surface area contributed by atoms with Crippen molar-refractivity contribution in [1.82, 2.24) is 0 Å². The maximum Gasteiger partial charge on any atom is 0.306 e. The molecule has 0 aliphatic rings. The predicted octanol–water partition coefficient (Wildman–Crippen LogP) is 25.1. The molecule has 0 saturated carbocycles. The lowest BCUT2D eigenvalue weighted by molar-refractivity contribution is -0.167. The monoisotopic (exact) mass is 1150 g/mol. The molecular weight excluding hydrogens is 1010 g/mol. The van der Waals surface area contributed by atoms with Gasteiger partial charge in [-0.1, -0.05) is 345 Å². The van der Waals surface area contributed by atoms with E-state index >= 15 is 0 Å². The number of allylic oxidation sites excluding steroid dienone is 10. The molecule has 0 spiro atoms. The van der Waals surface area contributed by atoms with E-state index < -0.39 is 6.10 Å². The molecule has 478 valence electrons. The first kappa shape index (κ1) is 79.1. The predicted molar refractivity (Wildman–Crippen MR) is 358 cm³/mol. The van der Waals surface area contributed by atoms with Crippen LogP contribution in [0, 0.1) is 0 Å². The van der Waals surface area contributed by atoms with Crippen LogP contribution < -0.4 is 0 Å². The summed E-state index contributed by atoms with van der Waals surface area (Å²) >= 11 is 0. The van der Waals surface area contributed by atoms with Crippen molar-refractivity contribution in [2.24, 2.45) is 0 Å². The second-order valence-corrected chi connectivity index (χ2v) is 24.5. The summed E-state index contributed by atoms with van der Waals surface area (Å²) in [5.74, 6) is -0.922. The quantitative estimate of drug-likeness (QED) is 0.0261. The third-order valence-corrected chi connectivity index (χ3v) is 16.3. The molecule has 0 aromatic heterocycles. The van der Waals surface area contributed by atoms with Crippen LogP contribution in [-0.4, -0.2) is 37.2 Å². The number of unbranched alkanes of at least 4 members (excludes halogenated alkanes) is 46. The SMILES string of the molecule is CC/C=C\C/C=C\C/C=C\C/C=C\CCCCC(=O)OC(COC(=O)CCCCCCC/C=C\CCCCCCC)COC(=O)CCCCCCCCCCCCCCCCCCCCCCCCCCCCCCCCCCCCC.